The third kappa shape index (κ3) is 3.71. The average molecular weight is 356 g/mol. The summed E-state index contributed by atoms with van der Waals surface area (Å²) >= 11 is 0. The highest BCUT2D eigenvalue weighted by Gasteiger charge is 2.26. The van der Waals surface area contributed by atoms with E-state index >= 15 is 0 Å². The van der Waals surface area contributed by atoms with Gasteiger partial charge in [-0.15, -0.1) is 0 Å². The minimum absolute atomic E-state index is 0.0143. The van der Waals surface area contributed by atoms with E-state index in [0.717, 1.165) is 11.3 Å². The van der Waals surface area contributed by atoms with Crippen LogP contribution in [0, 0.1) is 0 Å². The SMILES string of the molecule is CC(C)c1cccc(-n2cc(O)c(C(=O)N[C@H]3CCC(=O)N(C)C3)n2)c1. The molecule has 1 aromatic heterocycles. The Morgan fingerprint density at radius 2 is 2.15 bits per heavy atom. The molecule has 1 aliphatic heterocycles. The zero-order valence-electron chi connectivity index (χ0n) is 15.3. The number of amides is 2. The van der Waals surface area contributed by atoms with Gasteiger partial charge in [0.1, 0.15) is 0 Å². The fourth-order valence-electron chi connectivity index (χ4n) is 3.07. The molecule has 1 aliphatic rings. The Balaban J connectivity index is 1.76. The average Bonchev–Trinajstić information content (AvgIpc) is 3.00. The van der Waals surface area contributed by atoms with Crippen molar-refractivity contribution in [3.63, 3.8) is 0 Å². The molecule has 1 saturated heterocycles. The second-order valence-corrected chi connectivity index (χ2v) is 7.04. The molecule has 1 atom stereocenters. The van der Waals surface area contributed by atoms with Crippen molar-refractivity contribution in [2.24, 2.45) is 0 Å². The molecule has 7 heteroatoms. The van der Waals surface area contributed by atoms with Gasteiger partial charge in [0, 0.05) is 26.1 Å². The second kappa shape index (κ2) is 7.19. The van der Waals surface area contributed by atoms with E-state index in [9.17, 15) is 14.7 Å². The van der Waals surface area contributed by atoms with E-state index in [1.165, 1.54) is 10.9 Å². The fraction of sp³-hybridized carbons (Fsp3) is 0.421. The molecule has 0 radical (unpaired) electrons. The van der Waals surface area contributed by atoms with Crippen LogP contribution < -0.4 is 5.32 Å². The molecule has 1 aromatic carbocycles. The number of aromatic nitrogens is 2. The van der Waals surface area contributed by atoms with Gasteiger partial charge in [0.15, 0.2) is 11.4 Å². The summed E-state index contributed by atoms with van der Waals surface area (Å²) in [6.45, 7) is 4.66. The van der Waals surface area contributed by atoms with Crippen molar-refractivity contribution in [1.82, 2.24) is 20.0 Å². The molecular weight excluding hydrogens is 332 g/mol. The summed E-state index contributed by atoms with van der Waals surface area (Å²) < 4.78 is 1.51. The van der Waals surface area contributed by atoms with Crippen LogP contribution in [0.5, 0.6) is 5.75 Å². The van der Waals surface area contributed by atoms with Crippen LogP contribution in [0.15, 0.2) is 30.5 Å². The zero-order chi connectivity index (χ0) is 18.8. The molecule has 0 bridgehead atoms. The molecule has 2 N–H and O–H groups in total. The standard InChI is InChI=1S/C19H24N4O3/c1-12(2)13-5-4-6-15(9-13)23-11-16(24)18(21-23)19(26)20-14-7-8-17(25)22(3)10-14/h4-6,9,11-12,14,24H,7-8,10H2,1-3H3,(H,20,26)/t14-/m0/s1. The van der Waals surface area contributed by atoms with Gasteiger partial charge in [0.2, 0.25) is 5.91 Å². The lowest BCUT2D eigenvalue weighted by Gasteiger charge is -2.29. The topological polar surface area (TPSA) is 87.5 Å². The van der Waals surface area contributed by atoms with Crippen molar-refractivity contribution >= 4 is 11.8 Å². The van der Waals surface area contributed by atoms with Crippen molar-refractivity contribution < 1.29 is 14.7 Å². The number of likely N-dealkylation sites (tertiary alicyclic amines) is 1. The first-order valence-electron chi connectivity index (χ1n) is 8.79. The predicted octanol–water partition coefficient (Wildman–Crippen LogP) is 2.05. The second-order valence-electron chi connectivity index (χ2n) is 7.04. The Bertz CT molecular complexity index is 828. The molecule has 2 heterocycles. The molecule has 0 aliphatic carbocycles. The number of piperidine rings is 1. The van der Waals surface area contributed by atoms with Gasteiger partial charge >= 0.3 is 0 Å². The molecule has 2 amide bonds. The van der Waals surface area contributed by atoms with Crippen molar-refractivity contribution in [2.45, 2.75) is 38.6 Å². The Morgan fingerprint density at radius 3 is 2.85 bits per heavy atom. The summed E-state index contributed by atoms with van der Waals surface area (Å²) in [6.07, 6.45) is 2.43. The summed E-state index contributed by atoms with van der Waals surface area (Å²) in [6, 6.07) is 7.69. The van der Waals surface area contributed by atoms with Crippen LogP contribution in [0.2, 0.25) is 0 Å². The Kier molecular flexibility index (Phi) is 4.97. The van der Waals surface area contributed by atoms with E-state index < -0.39 is 5.91 Å². The normalized spacial score (nSPS) is 17.6. The third-order valence-corrected chi connectivity index (χ3v) is 4.67. The van der Waals surface area contributed by atoms with Crippen LogP contribution >= 0.6 is 0 Å². The lowest BCUT2D eigenvalue weighted by atomic mass is 10.0. The van der Waals surface area contributed by atoms with Gasteiger partial charge < -0.3 is 15.3 Å². The number of hydrogen-bond acceptors (Lipinski definition) is 4. The summed E-state index contributed by atoms with van der Waals surface area (Å²) in [5.41, 5.74) is 1.92. The maximum Gasteiger partial charge on any atom is 0.275 e. The molecule has 3 rings (SSSR count). The molecule has 0 unspecified atom stereocenters. The lowest BCUT2D eigenvalue weighted by molar-refractivity contribution is -0.132. The molecule has 138 valence electrons. The van der Waals surface area contributed by atoms with Crippen LogP contribution in [0.4, 0.5) is 0 Å². The van der Waals surface area contributed by atoms with Gasteiger partial charge in [0.05, 0.1) is 11.9 Å². The molecule has 2 aromatic rings. The first-order chi connectivity index (χ1) is 12.3. The highest BCUT2D eigenvalue weighted by Crippen LogP contribution is 2.22. The number of likely N-dealkylation sites (N-methyl/N-ethyl adjacent to an activating group) is 1. The predicted molar refractivity (Wildman–Crippen MR) is 97.4 cm³/mol. The van der Waals surface area contributed by atoms with E-state index in [-0.39, 0.29) is 23.4 Å². The quantitative estimate of drug-likeness (QED) is 0.878. The van der Waals surface area contributed by atoms with Crippen LogP contribution in [0.3, 0.4) is 0 Å². The zero-order valence-corrected chi connectivity index (χ0v) is 15.3. The first kappa shape index (κ1) is 18.0. The van der Waals surface area contributed by atoms with Gasteiger partial charge in [-0.25, -0.2) is 4.68 Å². The summed E-state index contributed by atoms with van der Waals surface area (Å²) in [5, 5.41) is 17.3. The number of nitrogens with one attached hydrogen (secondary N) is 1. The largest absolute Gasteiger partial charge is 0.504 e. The molecular formula is C19H24N4O3. The summed E-state index contributed by atoms with van der Waals surface area (Å²) in [5.74, 6) is -0.160. The smallest absolute Gasteiger partial charge is 0.275 e. The number of carbonyl (C=O) groups is 2. The van der Waals surface area contributed by atoms with E-state index in [1.54, 1.807) is 11.9 Å². The molecule has 1 fully saturated rings. The molecule has 26 heavy (non-hydrogen) atoms. The van der Waals surface area contributed by atoms with Crippen LogP contribution in [-0.4, -0.2) is 51.2 Å². The minimum atomic E-state index is -0.436. The van der Waals surface area contributed by atoms with Gasteiger partial charge in [-0.2, -0.15) is 5.10 Å². The third-order valence-electron chi connectivity index (χ3n) is 4.67. The number of hydrogen-bond donors (Lipinski definition) is 2. The fourth-order valence-corrected chi connectivity index (χ4v) is 3.07. The van der Waals surface area contributed by atoms with Gasteiger partial charge in [-0.1, -0.05) is 26.0 Å². The minimum Gasteiger partial charge on any atom is -0.504 e. The van der Waals surface area contributed by atoms with E-state index in [2.05, 4.69) is 24.3 Å². The monoisotopic (exact) mass is 356 g/mol. The van der Waals surface area contributed by atoms with E-state index in [1.807, 2.05) is 24.3 Å². The van der Waals surface area contributed by atoms with Gasteiger partial charge in [-0.05, 0) is 30.0 Å². The highest BCUT2D eigenvalue weighted by atomic mass is 16.3. The molecule has 0 saturated carbocycles. The van der Waals surface area contributed by atoms with Gasteiger partial charge in [0.25, 0.3) is 5.91 Å². The lowest BCUT2D eigenvalue weighted by Crippen LogP contribution is -2.48. The van der Waals surface area contributed by atoms with Crippen LogP contribution in [0.1, 0.15) is 48.7 Å². The summed E-state index contributed by atoms with van der Waals surface area (Å²) in [4.78, 5) is 25.6. The van der Waals surface area contributed by atoms with Crippen molar-refractivity contribution in [3.05, 3.63) is 41.7 Å². The van der Waals surface area contributed by atoms with E-state index in [0.29, 0.717) is 25.3 Å². The Labute approximate surface area is 152 Å². The maximum atomic E-state index is 12.5. The van der Waals surface area contributed by atoms with Crippen LogP contribution in [0.25, 0.3) is 5.69 Å². The molecule has 0 spiro atoms. The van der Waals surface area contributed by atoms with Crippen molar-refractivity contribution in [1.29, 1.82) is 0 Å². The number of aromatic hydroxyl groups is 1. The Morgan fingerprint density at radius 1 is 1.38 bits per heavy atom. The van der Waals surface area contributed by atoms with Crippen LogP contribution in [-0.2, 0) is 4.79 Å². The van der Waals surface area contributed by atoms with Gasteiger partial charge in [-0.3, -0.25) is 9.59 Å². The van der Waals surface area contributed by atoms with Crippen molar-refractivity contribution in [2.75, 3.05) is 13.6 Å². The first-order valence-corrected chi connectivity index (χ1v) is 8.79. The maximum absolute atomic E-state index is 12.5. The summed E-state index contributed by atoms with van der Waals surface area (Å²) in [7, 11) is 1.72. The van der Waals surface area contributed by atoms with Crippen molar-refractivity contribution in [3.8, 4) is 11.4 Å². The molecule has 7 nitrogen and oxygen atoms in total. The number of benzene rings is 1. The Hall–Kier alpha value is -2.83. The van der Waals surface area contributed by atoms with E-state index in [4.69, 9.17) is 0 Å². The number of rotatable bonds is 4. The number of carbonyl (C=O) groups excluding carboxylic acids is 2. The number of nitrogens with zero attached hydrogens (tertiary/aromatic N) is 3. The highest BCUT2D eigenvalue weighted by molar-refractivity contribution is 5.95.